The molecule has 1 aliphatic heterocycles. The van der Waals surface area contributed by atoms with Gasteiger partial charge in [-0.2, -0.15) is 0 Å². The Morgan fingerprint density at radius 3 is 2.42 bits per heavy atom. The molecule has 0 radical (unpaired) electrons. The van der Waals surface area contributed by atoms with Crippen LogP contribution in [0, 0.1) is 5.82 Å². The summed E-state index contributed by atoms with van der Waals surface area (Å²) >= 11 is 0. The summed E-state index contributed by atoms with van der Waals surface area (Å²) in [6.45, 7) is 8.78. The summed E-state index contributed by atoms with van der Waals surface area (Å²) in [5.74, 6) is -0.238. The Morgan fingerprint density at radius 1 is 1.19 bits per heavy atom. The molecule has 1 aromatic heterocycles. The SMILES string of the molecule is CN(/C(N)=C/C=C(\N)c1cc(-c2cnc[nH]2)c(F)cc1O)C1CC(C)(C)NC(C)(C)C1. The molecule has 3 rings (SSSR count). The number of phenols is 1. The van der Waals surface area contributed by atoms with Crippen LogP contribution in [0.2, 0.25) is 0 Å². The van der Waals surface area contributed by atoms with Gasteiger partial charge in [-0.15, -0.1) is 0 Å². The predicted molar refractivity (Wildman–Crippen MR) is 122 cm³/mol. The Bertz CT molecular complexity index is 978. The van der Waals surface area contributed by atoms with Gasteiger partial charge in [-0.3, -0.25) is 0 Å². The third-order valence-electron chi connectivity index (χ3n) is 5.74. The molecular formula is C23H33FN6O. The summed E-state index contributed by atoms with van der Waals surface area (Å²) in [5.41, 5.74) is 13.9. The molecule has 2 aromatic rings. The number of H-pyrrole nitrogens is 1. The van der Waals surface area contributed by atoms with Crippen LogP contribution in [0.5, 0.6) is 5.75 Å². The second-order valence-electron chi connectivity index (χ2n) is 9.59. The van der Waals surface area contributed by atoms with Crippen LogP contribution in [-0.4, -0.2) is 44.1 Å². The van der Waals surface area contributed by atoms with Crippen molar-refractivity contribution in [3.8, 4) is 17.0 Å². The van der Waals surface area contributed by atoms with E-state index in [4.69, 9.17) is 11.5 Å². The number of hydrogen-bond donors (Lipinski definition) is 5. The van der Waals surface area contributed by atoms with Gasteiger partial charge in [0.2, 0.25) is 0 Å². The Labute approximate surface area is 183 Å². The lowest BCUT2D eigenvalue weighted by atomic mass is 9.79. The number of nitrogens with two attached hydrogens (primary N) is 2. The number of nitrogens with zero attached hydrogens (tertiary/aromatic N) is 2. The van der Waals surface area contributed by atoms with Crippen molar-refractivity contribution in [3.63, 3.8) is 0 Å². The quantitative estimate of drug-likeness (QED) is 0.467. The normalized spacial score (nSPS) is 19.4. The number of allylic oxidation sites excluding steroid dienone is 2. The largest absolute Gasteiger partial charge is 0.507 e. The van der Waals surface area contributed by atoms with Crippen molar-refractivity contribution in [2.24, 2.45) is 11.5 Å². The van der Waals surface area contributed by atoms with Crippen molar-refractivity contribution in [1.82, 2.24) is 20.2 Å². The number of hydrogen-bond acceptors (Lipinski definition) is 6. The topological polar surface area (TPSA) is 116 Å². The highest BCUT2D eigenvalue weighted by atomic mass is 19.1. The summed E-state index contributed by atoms with van der Waals surface area (Å²) in [7, 11) is 1.98. The van der Waals surface area contributed by atoms with Crippen molar-refractivity contribution in [1.29, 1.82) is 0 Å². The lowest BCUT2D eigenvalue weighted by molar-refractivity contribution is 0.0981. The minimum absolute atomic E-state index is 0.00119. The van der Waals surface area contributed by atoms with Crippen molar-refractivity contribution in [3.05, 3.63) is 54.0 Å². The van der Waals surface area contributed by atoms with E-state index >= 15 is 0 Å². The number of aromatic nitrogens is 2. The van der Waals surface area contributed by atoms with Crippen molar-refractivity contribution in [2.45, 2.75) is 57.7 Å². The molecule has 1 aliphatic rings. The van der Waals surface area contributed by atoms with Crippen molar-refractivity contribution >= 4 is 5.70 Å². The zero-order valence-corrected chi connectivity index (χ0v) is 18.8. The highest BCUT2D eigenvalue weighted by Crippen LogP contribution is 2.33. The molecule has 0 aliphatic carbocycles. The molecule has 0 unspecified atom stereocenters. The van der Waals surface area contributed by atoms with Gasteiger partial charge in [0, 0.05) is 47.1 Å². The van der Waals surface area contributed by atoms with Gasteiger partial charge in [0.1, 0.15) is 11.6 Å². The number of nitrogens with one attached hydrogen (secondary N) is 2. The van der Waals surface area contributed by atoms with E-state index in [-0.39, 0.29) is 34.1 Å². The van der Waals surface area contributed by atoms with E-state index in [1.54, 1.807) is 12.2 Å². The lowest BCUT2D eigenvalue weighted by Crippen LogP contribution is -2.61. The van der Waals surface area contributed by atoms with E-state index in [1.807, 2.05) is 7.05 Å². The molecule has 31 heavy (non-hydrogen) atoms. The molecule has 1 saturated heterocycles. The Balaban J connectivity index is 1.84. The van der Waals surface area contributed by atoms with Crippen LogP contribution in [0.3, 0.4) is 0 Å². The maximum Gasteiger partial charge on any atom is 0.136 e. The van der Waals surface area contributed by atoms with E-state index in [0.717, 1.165) is 18.9 Å². The molecule has 2 heterocycles. The third kappa shape index (κ3) is 5.19. The first-order chi connectivity index (χ1) is 14.4. The highest BCUT2D eigenvalue weighted by Gasteiger charge is 2.39. The molecule has 0 bridgehead atoms. The van der Waals surface area contributed by atoms with Gasteiger partial charge in [0.15, 0.2) is 0 Å². The van der Waals surface area contributed by atoms with Crippen LogP contribution >= 0.6 is 0 Å². The van der Waals surface area contributed by atoms with Crippen LogP contribution in [0.15, 0.2) is 42.6 Å². The average Bonchev–Trinajstić information content (AvgIpc) is 3.17. The minimum Gasteiger partial charge on any atom is -0.507 e. The molecule has 8 heteroatoms. The van der Waals surface area contributed by atoms with Crippen LogP contribution < -0.4 is 16.8 Å². The van der Waals surface area contributed by atoms with Crippen molar-refractivity contribution < 1.29 is 9.50 Å². The van der Waals surface area contributed by atoms with Crippen molar-refractivity contribution in [2.75, 3.05) is 7.05 Å². The van der Waals surface area contributed by atoms with E-state index in [9.17, 15) is 9.50 Å². The molecule has 0 spiro atoms. The molecule has 0 amide bonds. The van der Waals surface area contributed by atoms with E-state index in [2.05, 4.69) is 47.9 Å². The molecule has 168 valence electrons. The maximum atomic E-state index is 14.3. The fourth-order valence-electron chi connectivity index (χ4n) is 4.54. The minimum atomic E-state index is -0.566. The number of piperidine rings is 1. The molecule has 0 atom stereocenters. The van der Waals surface area contributed by atoms with E-state index in [1.165, 1.54) is 18.6 Å². The predicted octanol–water partition coefficient (Wildman–Crippen LogP) is 3.26. The van der Waals surface area contributed by atoms with Gasteiger partial charge in [0.05, 0.1) is 24.0 Å². The third-order valence-corrected chi connectivity index (χ3v) is 5.74. The second-order valence-corrected chi connectivity index (χ2v) is 9.59. The standard InChI is InChI=1S/C23H33FN6O/c1-22(2)10-14(11-23(3,4)29-22)30(5)21(26)7-6-18(25)16-8-15(17(24)9-20(16)31)19-12-27-13-28-19/h6-9,12-14,29,31H,10-11,25-26H2,1-5H3,(H,27,28)/b18-6-,21-7+. The zero-order chi connectivity index (χ0) is 23.0. The van der Waals surface area contributed by atoms with Crippen LogP contribution in [0.4, 0.5) is 4.39 Å². The van der Waals surface area contributed by atoms with Gasteiger partial charge in [-0.05, 0) is 58.8 Å². The number of rotatable bonds is 5. The summed E-state index contributed by atoms with van der Waals surface area (Å²) in [6, 6.07) is 2.81. The van der Waals surface area contributed by atoms with Crippen LogP contribution in [0.25, 0.3) is 17.0 Å². The first-order valence-electron chi connectivity index (χ1n) is 10.4. The first kappa shape index (κ1) is 22.7. The number of benzene rings is 1. The average molecular weight is 429 g/mol. The number of halogens is 1. The Morgan fingerprint density at radius 2 is 1.84 bits per heavy atom. The molecule has 1 fully saturated rings. The molecule has 7 nitrogen and oxygen atoms in total. The molecule has 7 N–H and O–H groups in total. The fraction of sp³-hybridized carbons (Fsp3) is 0.435. The Kier molecular flexibility index (Phi) is 6.04. The lowest BCUT2D eigenvalue weighted by Gasteiger charge is -2.49. The number of aromatic amines is 1. The summed E-state index contributed by atoms with van der Waals surface area (Å²) in [5, 5.41) is 13.9. The maximum absolute atomic E-state index is 14.3. The van der Waals surface area contributed by atoms with Crippen LogP contribution in [-0.2, 0) is 0 Å². The highest BCUT2D eigenvalue weighted by molar-refractivity contribution is 5.74. The first-order valence-corrected chi connectivity index (χ1v) is 10.4. The fourth-order valence-corrected chi connectivity index (χ4v) is 4.54. The number of phenolic OH excluding ortho intramolecular Hbond substituents is 1. The van der Waals surface area contributed by atoms with Gasteiger partial charge in [0.25, 0.3) is 0 Å². The molecule has 0 saturated carbocycles. The number of imidazole rings is 1. The summed E-state index contributed by atoms with van der Waals surface area (Å²) in [4.78, 5) is 8.84. The van der Waals surface area contributed by atoms with E-state index in [0.29, 0.717) is 17.1 Å². The van der Waals surface area contributed by atoms with Gasteiger partial charge < -0.3 is 31.8 Å². The van der Waals surface area contributed by atoms with Gasteiger partial charge >= 0.3 is 0 Å². The summed E-state index contributed by atoms with van der Waals surface area (Å²) in [6.07, 6.45) is 8.22. The summed E-state index contributed by atoms with van der Waals surface area (Å²) < 4.78 is 14.3. The molecular weight excluding hydrogens is 395 g/mol. The monoisotopic (exact) mass is 428 g/mol. The Hall–Kier alpha value is -3.00. The molecule has 1 aromatic carbocycles. The van der Waals surface area contributed by atoms with Gasteiger partial charge in [-0.1, -0.05) is 0 Å². The second kappa shape index (κ2) is 8.26. The van der Waals surface area contributed by atoms with Gasteiger partial charge in [-0.25, -0.2) is 9.37 Å². The number of aromatic hydroxyl groups is 1. The van der Waals surface area contributed by atoms with E-state index < -0.39 is 5.82 Å². The zero-order valence-electron chi connectivity index (χ0n) is 18.8. The smallest absolute Gasteiger partial charge is 0.136 e. The van der Waals surface area contributed by atoms with Crippen LogP contribution in [0.1, 0.15) is 46.1 Å².